The van der Waals surface area contributed by atoms with E-state index in [1.54, 1.807) is 6.92 Å². The summed E-state index contributed by atoms with van der Waals surface area (Å²) in [4.78, 5) is 15.8. The molecule has 2 saturated heterocycles. The molecule has 0 bridgehead atoms. The summed E-state index contributed by atoms with van der Waals surface area (Å²) in [6.07, 6.45) is 2.39. The fourth-order valence-corrected chi connectivity index (χ4v) is 2.57. The zero-order valence-corrected chi connectivity index (χ0v) is 9.54. The van der Waals surface area contributed by atoms with Crippen LogP contribution in [0.4, 0.5) is 0 Å². The van der Waals surface area contributed by atoms with Gasteiger partial charge in [-0.25, -0.2) is 0 Å². The first kappa shape index (κ1) is 10.9. The van der Waals surface area contributed by atoms with E-state index in [1.807, 2.05) is 4.90 Å². The smallest absolute Gasteiger partial charge is 0.219 e. The third kappa shape index (κ3) is 2.69. The molecule has 0 aliphatic carbocycles. The maximum atomic E-state index is 11.3. The van der Waals surface area contributed by atoms with E-state index in [0.717, 1.165) is 45.7 Å². The summed E-state index contributed by atoms with van der Waals surface area (Å²) in [6, 6.07) is 0.705. The van der Waals surface area contributed by atoms with Gasteiger partial charge in [0.1, 0.15) is 0 Å². The van der Waals surface area contributed by atoms with Gasteiger partial charge in [0.05, 0.1) is 0 Å². The average molecular weight is 211 g/mol. The molecule has 15 heavy (non-hydrogen) atoms. The van der Waals surface area contributed by atoms with Crippen molar-refractivity contribution in [3.63, 3.8) is 0 Å². The monoisotopic (exact) mass is 211 g/mol. The largest absolute Gasteiger partial charge is 0.342 e. The molecule has 0 saturated carbocycles. The maximum absolute atomic E-state index is 11.3. The SMILES string of the molecule is CC(=O)N1CCCN(C2CCNC2)CC1. The summed E-state index contributed by atoms with van der Waals surface area (Å²) in [5.74, 6) is 0.224. The van der Waals surface area contributed by atoms with E-state index < -0.39 is 0 Å². The summed E-state index contributed by atoms with van der Waals surface area (Å²) >= 11 is 0. The molecule has 4 heteroatoms. The molecule has 4 nitrogen and oxygen atoms in total. The number of nitrogens with one attached hydrogen (secondary N) is 1. The first-order valence-corrected chi connectivity index (χ1v) is 5.97. The van der Waals surface area contributed by atoms with Crippen LogP contribution in [0.1, 0.15) is 19.8 Å². The molecule has 2 rings (SSSR count). The highest BCUT2D eigenvalue weighted by Gasteiger charge is 2.24. The van der Waals surface area contributed by atoms with Crippen LogP contribution in [0.15, 0.2) is 0 Å². The van der Waals surface area contributed by atoms with Crippen molar-refractivity contribution < 1.29 is 4.79 Å². The van der Waals surface area contributed by atoms with Crippen LogP contribution < -0.4 is 5.32 Å². The topological polar surface area (TPSA) is 35.6 Å². The van der Waals surface area contributed by atoms with Gasteiger partial charge in [0.15, 0.2) is 0 Å². The Bertz CT molecular complexity index is 226. The zero-order valence-electron chi connectivity index (χ0n) is 9.54. The molecule has 0 spiro atoms. The number of carbonyl (C=O) groups is 1. The Morgan fingerprint density at radius 3 is 2.80 bits per heavy atom. The number of carbonyl (C=O) groups excluding carboxylic acids is 1. The lowest BCUT2D eigenvalue weighted by molar-refractivity contribution is -0.128. The molecular weight excluding hydrogens is 190 g/mol. The van der Waals surface area contributed by atoms with Crippen molar-refractivity contribution in [3.05, 3.63) is 0 Å². The van der Waals surface area contributed by atoms with E-state index in [9.17, 15) is 4.79 Å². The summed E-state index contributed by atoms with van der Waals surface area (Å²) in [5, 5.41) is 3.40. The molecule has 0 aromatic carbocycles. The maximum Gasteiger partial charge on any atom is 0.219 e. The number of amides is 1. The molecule has 2 aliphatic heterocycles. The fraction of sp³-hybridized carbons (Fsp3) is 0.909. The number of nitrogens with zero attached hydrogens (tertiary/aromatic N) is 2. The lowest BCUT2D eigenvalue weighted by Gasteiger charge is -2.26. The second kappa shape index (κ2) is 4.94. The Morgan fingerprint density at radius 2 is 2.13 bits per heavy atom. The van der Waals surface area contributed by atoms with Crippen LogP contribution >= 0.6 is 0 Å². The zero-order chi connectivity index (χ0) is 10.7. The van der Waals surface area contributed by atoms with Crippen LogP contribution in [-0.2, 0) is 4.79 Å². The van der Waals surface area contributed by atoms with Crippen molar-refractivity contribution in [2.24, 2.45) is 0 Å². The van der Waals surface area contributed by atoms with E-state index in [-0.39, 0.29) is 5.91 Å². The van der Waals surface area contributed by atoms with E-state index in [1.165, 1.54) is 6.42 Å². The second-order valence-corrected chi connectivity index (χ2v) is 4.54. The van der Waals surface area contributed by atoms with Crippen LogP contribution in [0.25, 0.3) is 0 Å². The van der Waals surface area contributed by atoms with Crippen molar-refractivity contribution >= 4 is 5.91 Å². The minimum absolute atomic E-state index is 0.224. The van der Waals surface area contributed by atoms with Crippen molar-refractivity contribution in [3.8, 4) is 0 Å². The van der Waals surface area contributed by atoms with Gasteiger partial charge in [0.25, 0.3) is 0 Å². The van der Waals surface area contributed by atoms with Gasteiger partial charge in [0, 0.05) is 45.7 Å². The Labute approximate surface area is 91.6 Å². The Kier molecular flexibility index (Phi) is 3.59. The van der Waals surface area contributed by atoms with Crippen molar-refractivity contribution in [1.82, 2.24) is 15.1 Å². The van der Waals surface area contributed by atoms with Gasteiger partial charge in [0.2, 0.25) is 5.91 Å². The van der Waals surface area contributed by atoms with E-state index in [0.29, 0.717) is 6.04 Å². The van der Waals surface area contributed by atoms with Crippen molar-refractivity contribution in [2.45, 2.75) is 25.8 Å². The normalized spacial score (nSPS) is 29.1. The molecule has 1 N–H and O–H groups in total. The number of hydrogen-bond donors (Lipinski definition) is 1. The van der Waals surface area contributed by atoms with Gasteiger partial charge in [-0.15, -0.1) is 0 Å². The second-order valence-electron chi connectivity index (χ2n) is 4.54. The summed E-state index contributed by atoms with van der Waals surface area (Å²) in [7, 11) is 0. The van der Waals surface area contributed by atoms with Crippen LogP contribution in [0.2, 0.25) is 0 Å². The van der Waals surface area contributed by atoms with E-state index >= 15 is 0 Å². The van der Waals surface area contributed by atoms with E-state index in [2.05, 4.69) is 10.2 Å². The lowest BCUT2D eigenvalue weighted by Crippen LogP contribution is -2.40. The first-order valence-electron chi connectivity index (χ1n) is 5.97. The number of hydrogen-bond acceptors (Lipinski definition) is 3. The van der Waals surface area contributed by atoms with Gasteiger partial charge in [-0.05, 0) is 19.4 Å². The van der Waals surface area contributed by atoms with Crippen molar-refractivity contribution in [2.75, 3.05) is 39.3 Å². The molecule has 2 aliphatic rings. The predicted octanol–water partition coefficient (Wildman–Crippen LogP) is -0.0975. The highest BCUT2D eigenvalue weighted by Crippen LogP contribution is 2.12. The highest BCUT2D eigenvalue weighted by molar-refractivity contribution is 5.73. The quantitative estimate of drug-likeness (QED) is 0.658. The van der Waals surface area contributed by atoms with E-state index in [4.69, 9.17) is 0 Å². The van der Waals surface area contributed by atoms with Gasteiger partial charge in [-0.3, -0.25) is 9.69 Å². The fourth-order valence-electron chi connectivity index (χ4n) is 2.57. The molecule has 1 amide bonds. The average Bonchev–Trinajstić information content (AvgIpc) is 2.62. The molecule has 2 heterocycles. The lowest BCUT2D eigenvalue weighted by atomic mass is 10.2. The van der Waals surface area contributed by atoms with Gasteiger partial charge in [-0.2, -0.15) is 0 Å². The minimum Gasteiger partial charge on any atom is -0.342 e. The summed E-state index contributed by atoms with van der Waals surface area (Å²) < 4.78 is 0. The van der Waals surface area contributed by atoms with Gasteiger partial charge >= 0.3 is 0 Å². The Balaban J connectivity index is 1.86. The van der Waals surface area contributed by atoms with Crippen LogP contribution in [0, 0.1) is 0 Å². The molecule has 2 fully saturated rings. The Hall–Kier alpha value is -0.610. The van der Waals surface area contributed by atoms with Gasteiger partial charge in [-0.1, -0.05) is 0 Å². The molecule has 0 radical (unpaired) electrons. The van der Waals surface area contributed by atoms with Crippen LogP contribution in [0.3, 0.4) is 0 Å². The number of rotatable bonds is 1. The standard InChI is InChI=1S/C11H21N3O/c1-10(15)13-5-2-6-14(8-7-13)11-3-4-12-9-11/h11-12H,2-9H2,1H3. The highest BCUT2D eigenvalue weighted by atomic mass is 16.2. The van der Waals surface area contributed by atoms with Crippen LogP contribution in [0.5, 0.6) is 0 Å². The molecule has 1 atom stereocenters. The Morgan fingerprint density at radius 1 is 1.27 bits per heavy atom. The van der Waals surface area contributed by atoms with Crippen molar-refractivity contribution in [1.29, 1.82) is 0 Å². The predicted molar refractivity (Wildman–Crippen MR) is 59.7 cm³/mol. The summed E-state index contributed by atoms with van der Waals surface area (Å²) in [6.45, 7) is 7.99. The molecule has 86 valence electrons. The third-order valence-electron chi connectivity index (χ3n) is 3.53. The molecule has 1 unspecified atom stereocenters. The minimum atomic E-state index is 0.224. The first-order chi connectivity index (χ1) is 7.27. The summed E-state index contributed by atoms with van der Waals surface area (Å²) in [5.41, 5.74) is 0. The van der Waals surface area contributed by atoms with Crippen LogP contribution in [-0.4, -0.2) is 61.0 Å². The molecule has 0 aromatic heterocycles. The molecule has 0 aromatic rings. The third-order valence-corrected chi connectivity index (χ3v) is 3.53. The molecular formula is C11H21N3O. The van der Waals surface area contributed by atoms with Gasteiger partial charge < -0.3 is 10.2 Å².